The number of carboxylic acid groups (broad SMARTS) is 1. The number of carboxylic acids is 1. The molecule has 5 heteroatoms. The van der Waals surface area contributed by atoms with E-state index < -0.39 is 5.97 Å². The van der Waals surface area contributed by atoms with Crippen molar-refractivity contribution in [1.82, 2.24) is 5.32 Å². The van der Waals surface area contributed by atoms with E-state index in [1.54, 1.807) is 24.3 Å². The molecule has 0 aliphatic heterocycles. The Labute approximate surface area is 118 Å². The van der Waals surface area contributed by atoms with Crippen LogP contribution in [0.3, 0.4) is 0 Å². The van der Waals surface area contributed by atoms with E-state index in [0.29, 0.717) is 17.2 Å². The molecule has 0 saturated carbocycles. The summed E-state index contributed by atoms with van der Waals surface area (Å²) in [5, 5.41) is 11.5. The number of carbonyl (C=O) groups excluding carboxylic acids is 1. The second kappa shape index (κ2) is 7.53. The van der Waals surface area contributed by atoms with Crippen LogP contribution in [0.2, 0.25) is 0 Å². The molecule has 20 heavy (non-hydrogen) atoms. The minimum atomic E-state index is -0.874. The van der Waals surface area contributed by atoms with Crippen molar-refractivity contribution in [1.29, 1.82) is 0 Å². The van der Waals surface area contributed by atoms with Crippen molar-refractivity contribution in [2.75, 3.05) is 6.61 Å². The van der Waals surface area contributed by atoms with E-state index in [-0.39, 0.29) is 25.0 Å². The number of benzene rings is 1. The Kier molecular flexibility index (Phi) is 6.03. The van der Waals surface area contributed by atoms with Gasteiger partial charge >= 0.3 is 5.97 Å². The van der Waals surface area contributed by atoms with Gasteiger partial charge in [-0.25, -0.2) is 0 Å². The van der Waals surface area contributed by atoms with Crippen LogP contribution in [0.25, 0.3) is 0 Å². The Morgan fingerprint density at radius 1 is 1.20 bits per heavy atom. The highest BCUT2D eigenvalue weighted by molar-refractivity contribution is 5.77. The van der Waals surface area contributed by atoms with E-state index in [1.165, 1.54) is 0 Å². The van der Waals surface area contributed by atoms with Crippen molar-refractivity contribution in [3.63, 3.8) is 0 Å². The number of hydrogen-bond donors (Lipinski definition) is 2. The maximum atomic E-state index is 11.6. The van der Waals surface area contributed by atoms with Crippen LogP contribution in [0.5, 0.6) is 5.75 Å². The molecule has 1 atom stereocenters. The third-order valence-electron chi connectivity index (χ3n) is 3.04. The highest BCUT2D eigenvalue weighted by Gasteiger charge is 2.11. The van der Waals surface area contributed by atoms with E-state index in [2.05, 4.69) is 5.32 Å². The lowest BCUT2D eigenvalue weighted by Gasteiger charge is -2.17. The lowest BCUT2D eigenvalue weighted by molar-refractivity contribution is -0.136. The number of ether oxygens (including phenoxy) is 1. The molecule has 0 aliphatic rings. The minimum Gasteiger partial charge on any atom is -0.484 e. The quantitative estimate of drug-likeness (QED) is 0.798. The molecule has 0 radical (unpaired) electrons. The van der Waals surface area contributed by atoms with E-state index in [1.807, 2.05) is 20.8 Å². The lowest BCUT2D eigenvalue weighted by atomic mass is 10.1. The van der Waals surface area contributed by atoms with Crippen molar-refractivity contribution in [3.05, 3.63) is 29.8 Å². The third-order valence-corrected chi connectivity index (χ3v) is 3.04. The van der Waals surface area contributed by atoms with Crippen LogP contribution < -0.4 is 10.1 Å². The van der Waals surface area contributed by atoms with Crippen LogP contribution in [-0.2, 0) is 16.0 Å². The number of amides is 1. The summed E-state index contributed by atoms with van der Waals surface area (Å²) in [7, 11) is 0. The number of nitrogens with one attached hydrogen (secondary N) is 1. The fourth-order valence-corrected chi connectivity index (χ4v) is 1.49. The van der Waals surface area contributed by atoms with Crippen LogP contribution in [0.15, 0.2) is 24.3 Å². The van der Waals surface area contributed by atoms with E-state index in [9.17, 15) is 9.59 Å². The van der Waals surface area contributed by atoms with Gasteiger partial charge in [0, 0.05) is 6.04 Å². The van der Waals surface area contributed by atoms with Gasteiger partial charge in [-0.15, -0.1) is 0 Å². The van der Waals surface area contributed by atoms with Crippen molar-refractivity contribution >= 4 is 11.9 Å². The molecule has 0 aliphatic carbocycles. The minimum absolute atomic E-state index is 0.0212. The molecule has 0 bridgehead atoms. The fraction of sp³-hybridized carbons (Fsp3) is 0.467. The molecule has 0 spiro atoms. The van der Waals surface area contributed by atoms with Crippen molar-refractivity contribution in [2.24, 2.45) is 5.92 Å². The largest absolute Gasteiger partial charge is 0.484 e. The van der Waals surface area contributed by atoms with Gasteiger partial charge in [0.1, 0.15) is 5.75 Å². The first-order valence-corrected chi connectivity index (χ1v) is 6.61. The SMILES string of the molecule is CC(C)C(C)NC(=O)COc1ccc(CC(=O)O)cc1. The standard InChI is InChI=1S/C15H21NO4/c1-10(2)11(3)16-14(17)9-20-13-6-4-12(5-7-13)8-15(18)19/h4-7,10-11H,8-9H2,1-3H3,(H,16,17)(H,18,19). The predicted octanol–water partition coefficient (Wildman–Crippen LogP) is 1.85. The highest BCUT2D eigenvalue weighted by Crippen LogP contribution is 2.12. The van der Waals surface area contributed by atoms with E-state index >= 15 is 0 Å². The van der Waals surface area contributed by atoms with Crippen molar-refractivity contribution in [3.8, 4) is 5.75 Å². The Bertz CT molecular complexity index is 453. The zero-order valence-corrected chi connectivity index (χ0v) is 12.1. The zero-order valence-electron chi connectivity index (χ0n) is 12.1. The monoisotopic (exact) mass is 279 g/mol. The Hall–Kier alpha value is -2.04. The molecule has 0 heterocycles. The first-order chi connectivity index (χ1) is 9.38. The maximum Gasteiger partial charge on any atom is 0.307 e. The molecular weight excluding hydrogens is 258 g/mol. The van der Waals surface area contributed by atoms with Gasteiger partial charge in [0.25, 0.3) is 5.91 Å². The summed E-state index contributed by atoms with van der Waals surface area (Å²) in [6, 6.07) is 6.79. The molecule has 5 nitrogen and oxygen atoms in total. The van der Waals surface area contributed by atoms with Crippen molar-refractivity contribution < 1.29 is 19.4 Å². The third kappa shape index (κ3) is 5.73. The smallest absolute Gasteiger partial charge is 0.307 e. The Morgan fingerprint density at radius 2 is 1.80 bits per heavy atom. The summed E-state index contributed by atoms with van der Waals surface area (Å²) >= 11 is 0. The first-order valence-electron chi connectivity index (χ1n) is 6.61. The normalized spacial score (nSPS) is 12.0. The van der Waals surface area contributed by atoms with E-state index in [0.717, 1.165) is 0 Å². The Balaban J connectivity index is 2.42. The molecule has 1 aromatic carbocycles. The van der Waals surface area contributed by atoms with Crippen LogP contribution >= 0.6 is 0 Å². The molecule has 0 aromatic heterocycles. The fourth-order valence-electron chi connectivity index (χ4n) is 1.49. The molecule has 110 valence electrons. The average Bonchev–Trinajstić information content (AvgIpc) is 2.37. The molecule has 0 fully saturated rings. The van der Waals surface area contributed by atoms with Crippen LogP contribution in [0, 0.1) is 5.92 Å². The molecule has 2 N–H and O–H groups in total. The van der Waals surface area contributed by atoms with Gasteiger partial charge in [0.05, 0.1) is 6.42 Å². The van der Waals surface area contributed by atoms with Gasteiger partial charge in [-0.05, 0) is 30.5 Å². The first kappa shape index (κ1) is 16.0. The Morgan fingerprint density at radius 3 is 2.30 bits per heavy atom. The molecule has 1 amide bonds. The second-order valence-corrected chi connectivity index (χ2v) is 5.10. The summed E-state index contributed by atoms with van der Waals surface area (Å²) < 4.78 is 5.35. The van der Waals surface area contributed by atoms with Crippen molar-refractivity contribution in [2.45, 2.75) is 33.2 Å². The van der Waals surface area contributed by atoms with Gasteiger partial charge in [0.15, 0.2) is 6.61 Å². The molecular formula is C15H21NO4. The predicted molar refractivity (Wildman–Crippen MR) is 75.7 cm³/mol. The summed E-state index contributed by atoms with van der Waals surface area (Å²) in [4.78, 5) is 22.2. The second-order valence-electron chi connectivity index (χ2n) is 5.10. The van der Waals surface area contributed by atoms with Crippen LogP contribution in [0.1, 0.15) is 26.3 Å². The van der Waals surface area contributed by atoms with Crippen LogP contribution in [0.4, 0.5) is 0 Å². The highest BCUT2D eigenvalue weighted by atomic mass is 16.5. The van der Waals surface area contributed by atoms with E-state index in [4.69, 9.17) is 9.84 Å². The number of carbonyl (C=O) groups is 2. The zero-order chi connectivity index (χ0) is 15.1. The summed E-state index contributed by atoms with van der Waals surface area (Å²) in [6.45, 7) is 5.97. The number of hydrogen-bond acceptors (Lipinski definition) is 3. The van der Waals surface area contributed by atoms with Gasteiger partial charge in [0.2, 0.25) is 0 Å². The molecule has 1 aromatic rings. The summed E-state index contributed by atoms with van der Waals surface area (Å²) in [5.74, 6) is -0.123. The van der Waals surface area contributed by atoms with Gasteiger partial charge in [-0.3, -0.25) is 9.59 Å². The average molecular weight is 279 g/mol. The molecule has 1 unspecified atom stereocenters. The topological polar surface area (TPSA) is 75.6 Å². The van der Waals surface area contributed by atoms with Gasteiger partial charge < -0.3 is 15.2 Å². The molecule has 1 rings (SSSR count). The van der Waals surface area contributed by atoms with Gasteiger partial charge in [-0.2, -0.15) is 0 Å². The van der Waals surface area contributed by atoms with Crippen LogP contribution in [-0.4, -0.2) is 29.6 Å². The van der Waals surface area contributed by atoms with Gasteiger partial charge in [-0.1, -0.05) is 26.0 Å². The number of rotatable bonds is 7. The number of aliphatic carboxylic acids is 1. The lowest BCUT2D eigenvalue weighted by Crippen LogP contribution is -2.38. The summed E-state index contributed by atoms with van der Waals surface area (Å²) in [5.41, 5.74) is 0.697. The maximum absolute atomic E-state index is 11.6. The summed E-state index contributed by atoms with van der Waals surface area (Å²) in [6.07, 6.45) is -0.0212. The molecule has 0 saturated heterocycles.